The zero-order valence-corrected chi connectivity index (χ0v) is 11.0. The summed E-state index contributed by atoms with van der Waals surface area (Å²) in [5, 5.41) is 0. The van der Waals surface area contributed by atoms with Gasteiger partial charge in [0.2, 0.25) is 0 Å². The molecule has 1 rings (SSSR count). The molecule has 1 heterocycles. The highest BCUT2D eigenvalue weighted by atomic mass is 35.5. The number of rotatable bonds is 5. The molecule has 1 unspecified atom stereocenters. The number of hydrogen-bond acceptors (Lipinski definition) is 2. The Kier molecular flexibility index (Phi) is 5.37. The van der Waals surface area contributed by atoms with E-state index in [1.165, 1.54) is 25.8 Å². The first-order chi connectivity index (χ1) is 7.09. The van der Waals surface area contributed by atoms with E-state index in [0.717, 1.165) is 18.8 Å². The lowest BCUT2D eigenvalue weighted by Gasteiger charge is -2.36. The highest BCUT2D eigenvalue weighted by Crippen LogP contribution is 2.21. The van der Waals surface area contributed by atoms with Gasteiger partial charge in [-0.2, -0.15) is 0 Å². The molecule has 0 radical (unpaired) electrons. The third-order valence-corrected chi connectivity index (χ3v) is 3.84. The van der Waals surface area contributed by atoms with E-state index in [2.05, 4.69) is 18.7 Å². The molecule has 2 nitrogen and oxygen atoms in total. The van der Waals surface area contributed by atoms with E-state index in [1.807, 2.05) is 0 Å². The van der Waals surface area contributed by atoms with Crippen LogP contribution in [0.3, 0.4) is 0 Å². The molecule has 0 aromatic carbocycles. The van der Waals surface area contributed by atoms with Crippen molar-refractivity contribution in [3.05, 3.63) is 0 Å². The van der Waals surface area contributed by atoms with Crippen LogP contribution in [0.4, 0.5) is 0 Å². The minimum atomic E-state index is -0.00564. The average Bonchev–Trinajstić information content (AvgIpc) is 2.27. The second kappa shape index (κ2) is 6.07. The normalized spacial score (nSPS) is 24.4. The van der Waals surface area contributed by atoms with E-state index < -0.39 is 0 Å². The maximum Gasteiger partial charge on any atom is 0.0634 e. The lowest BCUT2D eigenvalue weighted by atomic mass is 10.00. The van der Waals surface area contributed by atoms with Crippen LogP contribution < -0.4 is 0 Å². The summed E-state index contributed by atoms with van der Waals surface area (Å²) in [5.74, 6) is 0.771. The molecule has 1 atom stereocenters. The molecule has 15 heavy (non-hydrogen) atoms. The van der Waals surface area contributed by atoms with Crippen molar-refractivity contribution < 1.29 is 4.74 Å². The zero-order valence-electron chi connectivity index (χ0n) is 10.3. The molecule has 0 saturated carbocycles. The summed E-state index contributed by atoms with van der Waals surface area (Å²) in [5.41, 5.74) is -0.00564. The van der Waals surface area contributed by atoms with Gasteiger partial charge in [-0.15, -0.1) is 11.6 Å². The van der Waals surface area contributed by atoms with Gasteiger partial charge in [0.1, 0.15) is 0 Å². The number of nitrogens with zero attached hydrogens (tertiary/aromatic N) is 1. The molecule has 1 aliphatic rings. The van der Waals surface area contributed by atoms with Crippen LogP contribution in [0.5, 0.6) is 0 Å². The van der Waals surface area contributed by atoms with Crippen molar-refractivity contribution in [2.75, 3.05) is 26.1 Å². The molecule has 3 heteroatoms. The standard InChI is InChI=1S/C12H24ClNO/c1-12(2,15-3)7-9-14-8-5-4-6-11(14)10-13/h11H,4-10H2,1-3H3. The number of halogens is 1. The van der Waals surface area contributed by atoms with E-state index in [0.29, 0.717) is 6.04 Å². The molecular formula is C12H24ClNO. The molecule has 0 spiro atoms. The molecule has 0 N–H and O–H groups in total. The van der Waals surface area contributed by atoms with Crippen LogP contribution in [0, 0.1) is 0 Å². The Hall–Kier alpha value is 0.210. The van der Waals surface area contributed by atoms with Gasteiger partial charge < -0.3 is 4.74 Å². The van der Waals surface area contributed by atoms with Gasteiger partial charge in [0.15, 0.2) is 0 Å². The Bertz CT molecular complexity index is 184. The molecule has 0 amide bonds. The van der Waals surface area contributed by atoms with Crippen LogP contribution in [-0.2, 0) is 4.74 Å². The highest BCUT2D eigenvalue weighted by Gasteiger charge is 2.24. The van der Waals surface area contributed by atoms with Crippen LogP contribution in [0.1, 0.15) is 39.5 Å². The lowest BCUT2D eigenvalue weighted by molar-refractivity contribution is 0.00216. The molecule has 0 aliphatic carbocycles. The minimum absolute atomic E-state index is 0.00564. The van der Waals surface area contributed by atoms with Gasteiger partial charge in [-0.1, -0.05) is 6.42 Å². The summed E-state index contributed by atoms with van der Waals surface area (Å²) < 4.78 is 5.44. The minimum Gasteiger partial charge on any atom is -0.379 e. The third-order valence-electron chi connectivity index (χ3n) is 3.48. The van der Waals surface area contributed by atoms with Gasteiger partial charge in [0.05, 0.1) is 5.60 Å². The second-order valence-electron chi connectivity index (χ2n) is 5.05. The van der Waals surface area contributed by atoms with E-state index in [1.54, 1.807) is 7.11 Å². The predicted molar refractivity (Wildman–Crippen MR) is 65.6 cm³/mol. The molecular weight excluding hydrogens is 210 g/mol. The van der Waals surface area contributed by atoms with E-state index in [4.69, 9.17) is 16.3 Å². The molecule has 1 saturated heterocycles. The number of hydrogen-bond donors (Lipinski definition) is 0. The summed E-state index contributed by atoms with van der Waals surface area (Å²) in [6.45, 7) is 6.61. The highest BCUT2D eigenvalue weighted by molar-refractivity contribution is 6.18. The summed E-state index contributed by atoms with van der Waals surface area (Å²) in [7, 11) is 1.79. The number of piperidine rings is 1. The van der Waals surface area contributed by atoms with Crippen LogP contribution in [0.15, 0.2) is 0 Å². The van der Waals surface area contributed by atoms with Crippen LogP contribution in [0.25, 0.3) is 0 Å². The lowest BCUT2D eigenvalue weighted by Crippen LogP contribution is -2.43. The summed E-state index contributed by atoms with van der Waals surface area (Å²) >= 11 is 5.99. The fraction of sp³-hybridized carbons (Fsp3) is 1.00. The maximum atomic E-state index is 5.99. The van der Waals surface area contributed by atoms with Gasteiger partial charge in [-0.3, -0.25) is 4.90 Å². The Morgan fingerprint density at radius 2 is 2.13 bits per heavy atom. The first kappa shape index (κ1) is 13.3. The Balaban J connectivity index is 2.35. The summed E-state index contributed by atoms with van der Waals surface area (Å²) in [6, 6.07) is 0.591. The summed E-state index contributed by atoms with van der Waals surface area (Å²) in [6.07, 6.45) is 5.00. The van der Waals surface area contributed by atoms with Gasteiger partial charge in [0.25, 0.3) is 0 Å². The third kappa shape index (κ3) is 4.29. The van der Waals surface area contributed by atoms with Gasteiger partial charge in [0, 0.05) is 25.6 Å². The van der Waals surface area contributed by atoms with Gasteiger partial charge >= 0.3 is 0 Å². The molecule has 90 valence electrons. The predicted octanol–water partition coefficient (Wildman–Crippen LogP) is 2.89. The molecule has 0 aromatic heterocycles. The van der Waals surface area contributed by atoms with Crippen molar-refractivity contribution in [3.8, 4) is 0 Å². The van der Waals surface area contributed by atoms with Gasteiger partial charge in [-0.25, -0.2) is 0 Å². The fourth-order valence-corrected chi connectivity index (χ4v) is 2.39. The van der Waals surface area contributed by atoms with Crippen LogP contribution in [-0.4, -0.2) is 42.6 Å². The van der Waals surface area contributed by atoms with Gasteiger partial charge in [-0.05, 0) is 39.7 Å². The first-order valence-corrected chi connectivity index (χ1v) is 6.47. The Morgan fingerprint density at radius 3 is 2.73 bits per heavy atom. The number of alkyl halides is 1. The van der Waals surface area contributed by atoms with E-state index >= 15 is 0 Å². The van der Waals surface area contributed by atoms with Crippen LogP contribution in [0.2, 0.25) is 0 Å². The van der Waals surface area contributed by atoms with Crippen molar-refractivity contribution in [1.29, 1.82) is 0 Å². The Labute approximate surface area is 98.9 Å². The van der Waals surface area contributed by atoms with Crippen molar-refractivity contribution in [2.24, 2.45) is 0 Å². The zero-order chi connectivity index (χ0) is 11.3. The van der Waals surface area contributed by atoms with Crippen molar-refractivity contribution >= 4 is 11.6 Å². The molecule has 0 aromatic rings. The first-order valence-electron chi connectivity index (χ1n) is 5.94. The quantitative estimate of drug-likeness (QED) is 0.678. The fourth-order valence-electron chi connectivity index (χ4n) is 2.04. The summed E-state index contributed by atoms with van der Waals surface area (Å²) in [4.78, 5) is 2.53. The van der Waals surface area contributed by atoms with Crippen molar-refractivity contribution in [2.45, 2.75) is 51.2 Å². The largest absolute Gasteiger partial charge is 0.379 e. The SMILES string of the molecule is COC(C)(C)CCN1CCCCC1CCl. The number of ether oxygens (including phenoxy) is 1. The number of methoxy groups -OCH3 is 1. The average molecular weight is 234 g/mol. The van der Waals surface area contributed by atoms with E-state index in [-0.39, 0.29) is 5.60 Å². The smallest absolute Gasteiger partial charge is 0.0634 e. The second-order valence-corrected chi connectivity index (χ2v) is 5.36. The monoisotopic (exact) mass is 233 g/mol. The maximum absolute atomic E-state index is 5.99. The molecule has 1 fully saturated rings. The van der Waals surface area contributed by atoms with Crippen LogP contribution >= 0.6 is 11.6 Å². The Morgan fingerprint density at radius 1 is 1.40 bits per heavy atom. The topological polar surface area (TPSA) is 12.5 Å². The van der Waals surface area contributed by atoms with Crippen molar-refractivity contribution in [1.82, 2.24) is 4.90 Å². The molecule has 0 bridgehead atoms. The van der Waals surface area contributed by atoms with E-state index in [9.17, 15) is 0 Å². The van der Waals surface area contributed by atoms with Crippen molar-refractivity contribution in [3.63, 3.8) is 0 Å². The number of likely N-dealkylation sites (tertiary alicyclic amines) is 1. The molecule has 1 aliphatic heterocycles.